The van der Waals surface area contributed by atoms with Crippen molar-refractivity contribution in [1.29, 1.82) is 0 Å². The number of fused-ring (bicyclic) bond motifs is 1. The number of piperidine rings is 1. The Bertz CT molecular complexity index is 1200. The lowest BCUT2D eigenvalue weighted by Crippen LogP contribution is -2.54. The van der Waals surface area contributed by atoms with E-state index in [0.717, 1.165) is 4.90 Å². The fourth-order valence-corrected chi connectivity index (χ4v) is 4.07. The number of anilines is 1. The van der Waals surface area contributed by atoms with Crippen molar-refractivity contribution < 1.29 is 33.4 Å². The van der Waals surface area contributed by atoms with E-state index in [2.05, 4.69) is 10.6 Å². The van der Waals surface area contributed by atoms with Crippen LogP contribution in [0.15, 0.2) is 42.5 Å². The van der Waals surface area contributed by atoms with Gasteiger partial charge in [0.1, 0.15) is 18.4 Å². The quantitative estimate of drug-likeness (QED) is 0.288. The van der Waals surface area contributed by atoms with Gasteiger partial charge in [-0.1, -0.05) is 12.1 Å². The molecular weight excluding hydrogens is 478 g/mol. The van der Waals surface area contributed by atoms with Crippen molar-refractivity contribution in [2.45, 2.75) is 18.9 Å². The number of rotatable bonds is 10. The van der Waals surface area contributed by atoms with E-state index in [9.17, 15) is 24.0 Å². The molecule has 35 heavy (non-hydrogen) atoms. The number of amides is 4. The molecule has 0 aliphatic carbocycles. The number of hydrogen-bond donors (Lipinski definition) is 2. The molecule has 2 aromatic carbocycles. The molecule has 10 nitrogen and oxygen atoms in total. The van der Waals surface area contributed by atoms with Crippen LogP contribution in [0.25, 0.3) is 0 Å². The summed E-state index contributed by atoms with van der Waals surface area (Å²) in [6.45, 7) is 1.20. The molecule has 2 aromatic rings. The van der Waals surface area contributed by atoms with Crippen molar-refractivity contribution in [3.63, 3.8) is 0 Å². The van der Waals surface area contributed by atoms with E-state index in [-0.39, 0.29) is 37.2 Å². The van der Waals surface area contributed by atoms with Gasteiger partial charge in [0.15, 0.2) is 0 Å². The van der Waals surface area contributed by atoms with E-state index in [1.54, 1.807) is 36.4 Å². The first-order valence-electron chi connectivity index (χ1n) is 11.0. The number of hydrogen-bond acceptors (Lipinski definition) is 8. The molecule has 2 aliphatic heterocycles. The second-order valence-electron chi connectivity index (χ2n) is 7.86. The second-order valence-corrected chi connectivity index (χ2v) is 8.21. The fraction of sp³-hybridized carbons (Fsp3) is 0.292. The van der Waals surface area contributed by atoms with Crippen molar-refractivity contribution in [2.75, 3.05) is 31.7 Å². The van der Waals surface area contributed by atoms with E-state index in [4.69, 9.17) is 21.1 Å². The molecule has 0 aromatic heterocycles. The van der Waals surface area contributed by atoms with Gasteiger partial charge in [-0.05, 0) is 48.4 Å². The highest BCUT2D eigenvalue weighted by Crippen LogP contribution is 2.32. The van der Waals surface area contributed by atoms with Gasteiger partial charge in [-0.2, -0.15) is 0 Å². The molecule has 1 unspecified atom stereocenters. The number of benzene rings is 2. The highest BCUT2D eigenvalue weighted by Gasteiger charge is 2.45. The predicted octanol–water partition coefficient (Wildman–Crippen LogP) is 1.97. The van der Waals surface area contributed by atoms with Crippen LogP contribution in [-0.4, -0.2) is 66.2 Å². The van der Waals surface area contributed by atoms with Crippen LogP contribution < -0.4 is 15.4 Å². The molecule has 4 rings (SSSR count). The third kappa shape index (κ3) is 5.33. The Hall–Kier alpha value is -3.76. The number of imide groups is 2. The van der Waals surface area contributed by atoms with Crippen LogP contribution in [-0.2, 0) is 14.3 Å². The molecule has 4 amide bonds. The van der Waals surface area contributed by atoms with Crippen LogP contribution in [0.3, 0.4) is 0 Å². The van der Waals surface area contributed by atoms with Gasteiger partial charge >= 0.3 is 0 Å². The van der Waals surface area contributed by atoms with Gasteiger partial charge in [0.25, 0.3) is 17.1 Å². The summed E-state index contributed by atoms with van der Waals surface area (Å²) in [6.07, 6.45) is 0.160. The lowest BCUT2D eigenvalue weighted by molar-refractivity contribution is -0.136. The first kappa shape index (κ1) is 24.4. The van der Waals surface area contributed by atoms with E-state index in [1.807, 2.05) is 0 Å². The molecule has 2 heterocycles. The summed E-state index contributed by atoms with van der Waals surface area (Å²) >= 11 is 5.46. The zero-order valence-electron chi connectivity index (χ0n) is 18.5. The summed E-state index contributed by atoms with van der Waals surface area (Å²) in [6, 6.07) is 10.3. The number of halogens is 1. The monoisotopic (exact) mass is 499 g/mol. The molecule has 1 fully saturated rings. The van der Waals surface area contributed by atoms with Crippen LogP contribution in [0.2, 0.25) is 0 Å². The predicted molar refractivity (Wildman–Crippen MR) is 125 cm³/mol. The summed E-state index contributed by atoms with van der Waals surface area (Å²) in [5.74, 6) is -1.70. The number of nitrogens with one attached hydrogen (secondary N) is 2. The summed E-state index contributed by atoms with van der Waals surface area (Å²) < 4.78 is 11.1. The lowest BCUT2D eigenvalue weighted by atomic mass is 10.0. The second kappa shape index (κ2) is 10.7. The number of carbonyl (C=O) groups is 5. The average molecular weight is 500 g/mol. The Labute approximate surface area is 205 Å². The van der Waals surface area contributed by atoms with Crippen molar-refractivity contribution in [2.24, 2.45) is 0 Å². The van der Waals surface area contributed by atoms with Crippen LogP contribution in [0.4, 0.5) is 5.69 Å². The Balaban J connectivity index is 1.28. The Morgan fingerprint density at radius 2 is 1.86 bits per heavy atom. The SMILES string of the molecule is O=C1CCC(N2C(=O)c3cccc(NCCOCCOc4cccc(C(=O)Cl)c4)c3C2=O)C(=O)N1. The first-order valence-corrected chi connectivity index (χ1v) is 11.3. The Morgan fingerprint density at radius 3 is 2.63 bits per heavy atom. The standard InChI is InChI=1S/C24H22ClN3O7/c25-21(30)14-3-1-4-15(13-14)35-12-11-34-10-9-26-17-6-2-5-16-20(17)24(33)28(23(16)32)18-7-8-19(29)27-22(18)31/h1-6,13,18,26H,7-12H2,(H,27,29,31). The van der Waals surface area contributed by atoms with Gasteiger partial charge in [-0.15, -0.1) is 0 Å². The van der Waals surface area contributed by atoms with Crippen molar-refractivity contribution >= 4 is 46.2 Å². The molecular formula is C24H22ClN3O7. The smallest absolute Gasteiger partial charge is 0.264 e. The summed E-state index contributed by atoms with van der Waals surface area (Å²) in [4.78, 5) is 61.7. The van der Waals surface area contributed by atoms with Crippen LogP contribution in [0.1, 0.15) is 43.9 Å². The molecule has 1 atom stereocenters. The van der Waals surface area contributed by atoms with Gasteiger partial charge in [0.05, 0.1) is 24.3 Å². The Morgan fingerprint density at radius 1 is 1.06 bits per heavy atom. The third-order valence-electron chi connectivity index (χ3n) is 5.59. The van der Waals surface area contributed by atoms with E-state index in [0.29, 0.717) is 30.2 Å². The average Bonchev–Trinajstić information content (AvgIpc) is 3.09. The molecule has 0 radical (unpaired) electrons. The highest BCUT2D eigenvalue weighted by molar-refractivity contribution is 6.67. The summed E-state index contributed by atoms with van der Waals surface area (Å²) in [5.41, 5.74) is 1.20. The number of carbonyl (C=O) groups excluding carboxylic acids is 5. The maximum absolute atomic E-state index is 13.1. The van der Waals surface area contributed by atoms with Gasteiger partial charge in [0, 0.05) is 24.2 Å². The minimum atomic E-state index is -1.01. The molecule has 2 aliphatic rings. The molecule has 0 saturated carbocycles. The number of nitrogens with zero attached hydrogens (tertiary/aromatic N) is 1. The fourth-order valence-electron chi connectivity index (χ4n) is 3.95. The molecule has 182 valence electrons. The van der Waals surface area contributed by atoms with Crippen LogP contribution in [0, 0.1) is 0 Å². The Kier molecular flexibility index (Phi) is 7.42. The highest BCUT2D eigenvalue weighted by atomic mass is 35.5. The van der Waals surface area contributed by atoms with E-state index in [1.165, 1.54) is 6.07 Å². The molecule has 1 saturated heterocycles. The van der Waals surface area contributed by atoms with Gasteiger partial charge in [-0.25, -0.2) is 0 Å². The van der Waals surface area contributed by atoms with Crippen molar-refractivity contribution in [3.05, 3.63) is 59.2 Å². The van der Waals surface area contributed by atoms with Gasteiger partial charge in [0.2, 0.25) is 11.8 Å². The van der Waals surface area contributed by atoms with Gasteiger partial charge in [-0.3, -0.25) is 34.2 Å². The molecule has 0 spiro atoms. The largest absolute Gasteiger partial charge is 0.491 e. The maximum atomic E-state index is 13.1. The van der Waals surface area contributed by atoms with E-state index < -0.39 is 34.9 Å². The molecule has 11 heteroatoms. The van der Waals surface area contributed by atoms with Gasteiger partial charge < -0.3 is 14.8 Å². The third-order valence-corrected chi connectivity index (χ3v) is 5.81. The summed E-state index contributed by atoms with van der Waals surface area (Å²) in [7, 11) is 0. The van der Waals surface area contributed by atoms with E-state index >= 15 is 0 Å². The van der Waals surface area contributed by atoms with Crippen LogP contribution in [0.5, 0.6) is 5.75 Å². The van der Waals surface area contributed by atoms with Crippen molar-refractivity contribution in [1.82, 2.24) is 10.2 Å². The zero-order chi connectivity index (χ0) is 24.9. The molecule has 0 bridgehead atoms. The first-order chi connectivity index (χ1) is 16.9. The number of ether oxygens (including phenoxy) is 2. The van der Waals surface area contributed by atoms with Crippen LogP contribution >= 0.6 is 11.6 Å². The maximum Gasteiger partial charge on any atom is 0.264 e. The minimum absolute atomic E-state index is 0.0617. The van der Waals surface area contributed by atoms with Crippen molar-refractivity contribution in [3.8, 4) is 5.75 Å². The normalized spacial score (nSPS) is 17.3. The summed E-state index contributed by atoms with van der Waals surface area (Å²) in [5, 5.41) is 4.71. The lowest BCUT2D eigenvalue weighted by Gasteiger charge is -2.27. The topological polar surface area (TPSA) is 131 Å². The minimum Gasteiger partial charge on any atom is -0.491 e. The molecule has 2 N–H and O–H groups in total. The zero-order valence-corrected chi connectivity index (χ0v) is 19.3.